The normalized spacial score (nSPS) is 10.5. The largest absolute Gasteiger partial charge is 0.497 e. The minimum atomic E-state index is -0.107. The number of aryl methyl sites for hydroxylation is 1. The lowest BCUT2D eigenvalue weighted by molar-refractivity contribution is -0.120. The number of rotatable bonds is 6. The lowest BCUT2D eigenvalue weighted by Gasteiger charge is -2.05. The molecule has 0 unspecified atom stereocenters. The number of hydrogen-bond acceptors (Lipinski definition) is 5. The molecule has 0 atom stereocenters. The van der Waals surface area contributed by atoms with Crippen molar-refractivity contribution in [2.45, 2.75) is 19.9 Å². The molecule has 0 aliphatic rings. The first-order valence-electron chi connectivity index (χ1n) is 7.92. The van der Waals surface area contributed by atoms with E-state index in [1.807, 2.05) is 36.4 Å². The Labute approximate surface area is 145 Å². The van der Waals surface area contributed by atoms with Crippen LogP contribution in [0.3, 0.4) is 0 Å². The van der Waals surface area contributed by atoms with Gasteiger partial charge in [0.25, 0.3) is 0 Å². The quantitative estimate of drug-likeness (QED) is 0.748. The van der Waals surface area contributed by atoms with Crippen LogP contribution in [0.15, 0.2) is 53.2 Å². The van der Waals surface area contributed by atoms with E-state index < -0.39 is 0 Å². The number of aromatic nitrogens is 2. The zero-order valence-corrected chi connectivity index (χ0v) is 14.2. The fourth-order valence-corrected chi connectivity index (χ4v) is 2.36. The van der Waals surface area contributed by atoms with E-state index in [2.05, 4.69) is 15.3 Å². The van der Waals surface area contributed by atoms with Crippen LogP contribution in [0.2, 0.25) is 0 Å². The van der Waals surface area contributed by atoms with Crippen molar-refractivity contribution in [3.8, 4) is 17.2 Å². The Balaban J connectivity index is 1.60. The second kappa shape index (κ2) is 7.61. The summed E-state index contributed by atoms with van der Waals surface area (Å²) in [5.41, 5.74) is 2.42. The molecule has 25 heavy (non-hydrogen) atoms. The van der Waals surface area contributed by atoms with E-state index in [0.29, 0.717) is 23.9 Å². The number of amides is 1. The summed E-state index contributed by atoms with van der Waals surface area (Å²) in [7, 11) is 1.62. The number of hydrogen-bond donors (Lipinski definition) is 1. The van der Waals surface area contributed by atoms with Crippen molar-refractivity contribution in [3.05, 3.63) is 65.8 Å². The molecule has 0 radical (unpaired) electrons. The van der Waals surface area contributed by atoms with Crippen molar-refractivity contribution >= 4 is 5.91 Å². The second-order valence-electron chi connectivity index (χ2n) is 5.57. The number of pyridine rings is 1. The third kappa shape index (κ3) is 4.23. The number of oxazole rings is 1. The molecule has 0 saturated carbocycles. The average Bonchev–Trinajstić information content (AvgIpc) is 3.01. The van der Waals surface area contributed by atoms with E-state index in [0.717, 1.165) is 16.9 Å². The van der Waals surface area contributed by atoms with Crippen molar-refractivity contribution < 1.29 is 13.9 Å². The molecule has 0 spiro atoms. The Bertz CT molecular complexity index is 842. The van der Waals surface area contributed by atoms with Gasteiger partial charge in [-0.2, -0.15) is 0 Å². The lowest BCUT2D eigenvalue weighted by atomic mass is 10.2. The summed E-state index contributed by atoms with van der Waals surface area (Å²) < 4.78 is 10.8. The number of methoxy groups -OCH3 is 1. The molecule has 0 aliphatic carbocycles. The van der Waals surface area contributed by atoms with Gasteiger partial charge in [0.1, 0.15) is 11.5 Å². The molecule has 0 saturated heterocycles. The van der Waals surface area contributed by atoms with Crippen LogP contribution in [-0.2, 0) is 17.8 Å². The lowest BCUT2D eigenvalue weighted by Crippen LogP contribution is -2.24. The van der Waals surface area contributed by atoms with Gasteiger partial charge in [-0.3, -0.25) is 9.78 Å². The molecule has 3 rings (SSSR count). The SMILES string of the molecule is COc1ccc(CNC(=O)Cc2nc(-c3cccnc3)oc2C)cc1. The molecular weight excluding hydrogens is 318 g/mol. The van der Waals surface area contributed by atoms with Crippen LogP contribution in [0.1, 0.15) is 17.0 Å². The number of carbonyl (C=O) groups is 1. The Morgan fingerprint density at radius 2 is 2.04 bits per heavy atom. The predicted octanol–water partition coefficient (Wildman–Crippen LogP) is 2.91. The summed E-state index contributed by atoms with van der Waals surface area (Å²) in [6.45, 7) is 2.26. The number of nitrogens with one attached hydrogen (secondary N) is 1. The van der Waals surface area contributed by atoms with Crippen LogP contribution >= 0.6 is 0 Å². The number of benzene rings is 1. The Kier molecular flexibility index (Phi) is 5.09. The molecule has 0 fully saturated rings. The van der Waals surface area contributed by atoms with E-state index in [9.17, 15) is 4.79 Å². The number of nitrogens with zero attached hydrogens (tertiary/aromatic N) is 2. The van der Waals surface area contributed by atoms with Gasteiger partial charge in [-0.25, -0.2) is 4.98 Å². The molecule has 0 bridgehead atoms. The standard InChI is InChI=1S/C19H19N3O3/c1-13-17(22-19(25-13)15-4-3-9-20-12-15)10-18(23)21-11-14-5-7-16(24-2)8-6-14/h3-9,12H,10-11H2,1-2H3,(H,21,23). The zero-order valence-electron chi connectivity index (χ0n) is 14.2. The maximum absolute atomic E-state index is 12.2. The smallest absolute Gasteiger partial charge is 0.228 e. The Hall–Kier alpha value is -3.15. The highest BCUT2D eigenvalue weighted by Gasteiger charge is 2.14. The van der Waals surface area contributed by atoms with E-state index >= 15 is 0 Å². The van der Waals surface area contributed by atoms with Gasteiger partial charge in [0.15, 0.2) is 0 Å². The molecule has 6 nitrogen and oxygen atoms in total. The summed E-state index contributed by atoms with van der Waals surface area (Å²) in [5, 5.41) is 2.89. The summed E-state index contributed by atoms with van der Waals surface area (Å²) >= 11 is 0. The molecule has 3 aromatic rings. The molecule has 2 aromatic heterocycles. The van der Waals surface area contributed by atoms with Crippen molar-refractivity contribution in [2.24, 2.45) is 0 Å². The molecule has 0 aliphatic heterocycles. The van der Waals surface area contributed by atoms with E-state index in [-0.39, 0.29) is 12.3 Å². The van der Waals surface area contributed by atoms with E-state index in [4.69, 9.17) is 9.15 Å². The van der Waals surface area contributed by atoms with Crippen molar-refractivity contribution in [3.63, 3.8) is 0 Å². The first kappa shape index (κ1) is 16.7. The van der Waals surface area contributed by atoms with Gasteiger partial charge in [-0.1, -0.05) is 12.1 Å². The van der Waals surface area contributed by atoms with Crippen LogP contribution in [-0.4, -0.2) is 23.0 Å². The fraction of sp³-hybridized carbons (Fsp3) is 0.211. The summed E-state index contributed by atoms with van der Waals surface area (Å²) in [4.78, 5) is 20.6. The highest BCUT2D eigenvalue weighted by molar-refractivity contribution is 5.78. The monoisotopic (exact) mass is 337 g/mol. The fourth-order valence-electron chi connectivity index (χ4n) is 2.36. The highest BCUT2D eigenvalue weighted by atomic mass is 16.5. The van der Waals surface area contributed by atoms with Crippen LogP contribution in [0.25, 0.3) is 11.5 Å². The first-order chi connectivity index (χ1) is 12.2. The minimum absolute atomic E-state index is 0.107. The van der Waals surface area contributed by atoms with E-state index in [1.54, 1.807) is 26.4 Å². The molecule has 128 valence electrons. The van der Waals surface area contributed by atoms with Crippen LogP contribution < -0.4 is 10.1 Å². The maximum Gasteiger partial charge on any atom is 0.228 e. The van der Waals surface area contributed by atoms with Gasteiger partial charge in [-0.15, -0.1) is 0 Å². The predicted molar refractivity (Wildman–Crippen MR) is 93.0 cm³/mol. The topological polar surface area (TPSA) is 77.2 Å². The molecule has 1 amide bonds. The maximum atomic E-state index is 12.2. The summed E-state index contributed by atoms with van der Waals surface area (Å²) in [6, 6.07) is 11.2. The first-order valence-corrected chi connectivity index (χ1v) is 7.92. The van der Waals surface area contributed by atoms with Gasteiger partial charge in [-0.05, 0) is 36.8 Å². The van der Waals surface area contributed by atoms with Crippen molar-refractivity contribution in [2.75, 3.05) is 7.11 Å². The average molecular weight is 337 g/mol. The molecule has 1 N–H and O–H groups in total. The minimum Gasteiger partial charge on any atom is -0.497 e. The van der Waals surface area contributed by atoms with Gasteiger partial charge >= 0.3 is 0 Å². The molecule has 2 heterocycles. The Morgan fingerprint density at radius 3 is 2.72 bits per heavy atom. The van der Waals surface area contributed by atoms with Crippen molar-refractivity contribution in [1.82, 2.24) is 15.3 Å². The molecule has 1 aromatic carbocycles. The number of carbonyl (C=O) groups excluding carboxylic acids is 1. The van der Waals surface area contributed by atoms with Crippen molar-refractivity contribution in [1.29, 1.82) is 0 Å². The number of ether oxygens (including phenoxy) is 1. The van der Waals surface area contributed by atoms with E-state index in [1.165, 1.54) is 0 Å². The van der Waals surface area contributed by atoms with Gasteiger partial charge in [0.05, 0.1) is 24.8 Å². The van der Waals surface area contributed by atoms with Gasteiger partial charge < -0.3 is 14.5 Å². The van der Waals surface area contributed by atoms with Gasteiger partial charge in [0.2, 0.25) is 11.8 Å². The van der Waals surface area contributed by atoms with Gasteiger partial charge in [0, 0.05) is 18.9 Å². The molecular formula is C19H19N3O3. The third-order valence-corrected chi connectivity index (χ3v) is 3.78. The van der Waals surface area contributed by atoms with Crippen LogP contribution in [0.4, 0.5) is 0 Å². The third-order valence-electron chi connectivity index (χ3n) is 3.78. The molecule has 6 heteroatoms. The zero-order chi connectivity index (χ0) is 17.6. The highest BCUT2D eigenvalue weighted by Crippen LogP contribution is 2.21. The summed E-state index contributed by atoms with van der Waals surface area (Å²) in [6.07, 6.45) is 3.54. The Morgan fingerprint density at radius 1 is 1.24 bits per heavy atom. The van der Waals surface area contributed by atoms with Crippen LogP contribution in [0.5, 0.6) is 5.75 Å². The second-order valence-corrected chi connectivity index (χ2v) is 5.57. The summed E-state index contributed by atoms with van der Waals surface area (Å²) in [5.74, 6) is 1.79. The van der Waals surface area contributed by atoms with Crippen LogP contribution in [0, 0.1) is 6.92 Å².